The molecule has 1 aliphatic rings. The van der Waals surface area contributed by atoms with E-state index in [-0.39, 0.29) is 35.8 Å². The van der Waals surface area contributed by atoms with Crippen LogP contribution in [-0.4, -0.2) is 38.5 Å². The summed E-state index contributed by atoms with van der Waals surface area (Å²) in [6.45, 7) is 1.54. The molecule has 2 heterocycles. The van der Waals surface area contributed by atoms with E-state index in [0.717, 1.165) is 0 Å². The SMILES string of the molecule is Cc1cn([C@H]2C[C@H](O)[C@@H](CNc3c(Nc4ccccc4O)c(=O)c3=O)O2)c(=O)[nH]c1=O. The number of hydrogen-bond acceptors (Lipinski definition) is 9. The molecule has 3 aromatic rings. The lowest BCUT2D eigenvalue weighted by Gasteiger charge is -2.20. The number of aromatic hydroxyl groups is 1. The first-order valence-corrected chi connectivity index (χ1v) is 9.54. The molecule has 0 aliphatic carbocycles. The van der Waals surface area contributed by atoms with E-state index in [0.29, 0.717) is 5.56 Å². The van der Waals surface area contributed by atoms with Crippen LogP contribution in [0.25, 0.3) is 0 Å². The maximum absolute atomic E-state index is 12.0. The van der Waals surface area contributed by atoms with Gasteiger partial charge in [0.05, 0.1) is 11.8 Å². The van der Waals surface area contributed by atoms with Gasteiger partial charge in [0.2, 0.25) is 0 Å². The number of aromatic nitrogens is 2. The summed E-state index contributed by atoms with van der Waals surface area (Å²) < 4.78 is 6.94. The summed E-state index contributed by atoms with van der Waals surface area (Å²) >= 11 is 0. The van der Waals surface area contributed by atoms with Crippen molar-refractivity contribution >= 4 is 17.1 Å². The van der Waals surface area contributed by atoms with Gasteiger partial charge in [0, 0.05) is 24.7 Å². The molecular formula is C20H20N4O7. The fraction of sp³-hybridized carbons (Fsp3) is 0.300. The van der Waals surface area contributed by atoms with Gasteiger partial charge in [-0.05, 0) is 19.1 Å². The quantitative estimate of drug-likeness (QED) is 0.261. The Morgan fingerprint density at radius 1 is 1.16 bits per heavy atom. The van der Waals surface area contributed by atoms with Crippen molar-refractivity contribution in [1.29, 1.82) is 0 Å². The Balaban J connectivity index is 1.47. The van der Waals surface area contributed by atoms with Crippen LogP contribution < -0.4 is 32.7 Å². The van der Waals surface area contributed by atoms with Crippen LogP contribution in [0.3, 0.4) is 0 Å². The van der Waals surface area contributed by atoms with Gasteiger partial charge in [-0.2, -0.15) is 0 Å². The zero-order valence-corrected chi connectivity index (χ0v) is 16.4. The number of para-hydroxylation sites is 2. The number of phenols is 1. The highest BCUT2D eigenvalue weighted by atomic mass is 16.5. The predicted octanol–water partition coefficient (Wildman–Crippen LogP) is -0.349. The van der Waals surface area contributed by atoms with Crippen molar-refractivity contribution in [3.63, 3.8) is 0 Å². The van der Waals surface area contributed by atoms with Crippen molar-refractivity contribution in [2.45, 2.75) is 31.8 Å². The number of aryl methyl sites for hydroxylation is 1. The van der Waals surface area contributed by atoms with Crippen molar-refractivity contribution in [2.75, 3.05) is 17.2 Å². The molecule has 11 heteroatoms. The van der Waals surface area contributed by atoms with E-state index >= 15 is 0 Å². The minimum atomic E-state index is -0.947. The molecule has 0 amide bonds. The molecule has 0 spiro atoms. The van der Waals surface area contributed by atoms with Gasteiger partial charge in [0.1, 0.15) is 29.5 Å². The first-order chi connectivity index (χ1) is 14.8. The molecule has 3 atom stereocenters. The fourth-order valence-electron chi connectivity index (χ4n) is 3.47. The first-order valence-electron chi connectivity index (χ1n) is 9.54. The van der Waals surface area contributed by atoms with Gasteiger partial charge in [-0.25, -0.2) is 4.79 Å². The van der Waals surface area contributed by atoms with E-state index in [1.807, 2.05) is 0 Å². The molecule has 4 rings (SSSR count). The third-order valence-corrected chi connectivity index (χ3v) is 5.21. The lowest BCUT2D eigenvalue weighted by molar-refractivity contribution is -0.0131. The van der Waals surface area contributed by atoms with Crippen LogP contribution in [0.1, 0.15) is 18.2 Å². The molecule has 0 unspecified atom stereocenters. The number of nitrogens with one attached hydrogen (secondary N) is 3. The van der Waals surface area contributed by atoms with Crippen LogP contribution in [0, 0.1) is 6.92 Å². The van der Waals surface area contributed by atoms with E-state index in [4.69, 9.17) is 4.74 Å². The Bertz CT molecular complexity index is 1320. The largest absolute Gasteiger partial charge is 0.506 e. The molecule has 2 aromatic carbocycles. The number of aromatic amines is 1. The molecule has 31 heavy (non-hydrogen) atoms. The van der Waals surface area contributed by atoms with Crippen LogP contribution in [0.2, 0.25) is 0 Å². The maximum Gasteiger partial charge on any atom is 0.330 e. The summed E-state index contributed by atoms with van der Waals surface area (Å²) in [4.78, 5) is 49.7. The Labute approximate surface area is 174 Å². The van der Waals surface area contributed by atoms with Crippen molar-refractivity contribution in [2.24, 2.45) is 0 Å². The minimum absolute atomic E-state index is 0.00279. The Morgan fingerprint density at radius 2 is 1.87 bits per heavy atom. The Hall–Kier alpha value is -3.70. The van der Waals surface area contributed by atoms with Gasteiger partial charge in [-0.1, -0.05) is 12.1 Å². The van der Waals surface area contributed by atoms with Crippen LogP contribution in [-0.2, 0) is 4.74 Å². The molecular weight excluding hydrogens is 408 g/mol. The van der Waals surface area contributed by atoms with Crippen LogP contribution >= 0.6 is 0 Å². The average molecular weight is 428 g/mol. The normalized spacial score (nSPS) is 20.8. The predicted molar refractivity (Wildman–Crippen MR) is 112 cm³/mol. The number of aliphatic hydroxyl groups excluding tert-OH is 1. The third kappa shape index (κ3) is 3.76. The van der Waals surface area contributed by atoms with Crippen LogP contribution in [0.15, 0.2) is 49.6 Å². The second kappa shape index (κ2) is 7.85. The Kier molecular flexibility index (Phi) is 5.21. The smallest absolute Gasteiger partial charge is 0.330 e. The molecule has 162 valence electrons. The number of rotatable bonds is 6. The highest BCUT2D eigenvalue weighted by Crippen LogP contribution is 2.30. The molecule has 0 bridgehead atoms. The summed E-state index contributed by atoms with van der Waals surface area (Å²) in [5.74, 6) is -0.0828. The lowest BCUT2D eigenvalue weighted by atomic mass is 10.1. The van der Waals surface area contributed by atoms with Crippen molar-refractivity contribution in [1.82, 2.24) is 9.55 Å². The molecule has 0 saturated carbocycles. The van der Waals surface area contributed by atoms with E-state index in [9.17, 15) is 29.4 Å². The molecule has 1 saturated heterocycles. The molecule has 1 fully saturated rings. The molecule has 1 aliphatic heterocycles. The van der Waals surface area contributed by atoms with Gasteiger partial charge < -0.3 is 25.6 Å². The number of benzene rings is 1. The number of H-pyrrole nitrogens is 1. The zero-order valence-electron chi connectivity index (χ0n) is 16.4. The van der Waals surface area contributed by atoms with E-state index in [1.54, 1.807) is 25.1 Å². The number of aliphatic hydroxyl groups is 1. The molecule has 5 N–H and O–H groups in total. The highest BCUT2D eigenvalue weighted by Gasteiger charge is 2.36. The fourth-order valence-corrected chi connectivity index (χ4v) is 3.47. The van der Waals surface area contributed by atoms with Gasteiger partial charge in [-0.3, -0.25) is 23.9 Å². The second-order valence-corrected chi connectivity index (χ2v) is 7.34. The molecule has 0 radical (unpaired) electrons. The Morgan fingerprint density at radius 3 is 2.61 bits per heavy atom. The standard InChI is InChI=1S/C20H20N4O7/c1-9-8-24(20(30)23-19(9)29)14-6-12(26)13(31-14)7-21-15-16(18(28)17(15)27)22-10-4-2-3-5-11(10)25/h2-5,8,12-14,21-22,25-26H,6-7H2,1H3,(H,23,29,30)/t12-,13+,14+/m0/s1. The summed E-state index contributed by atoms with van der Waals surface area (Å²) in [6, 6.07) is 6.26. The summed E-state index contributed by atoms with van der Waals surface area (Å²) in [7, 11) is 0. The highest BCUT2D eigenvalue weighted by molar-refractivity contribution is 5.80. The summed E-state index contributed by atoms with van der Waals surface area (Å²) in [6.07, 6.45) is -1.05. The van der Waals surface area contributed by atoms with Crippen molar-refractivity contribution in [3.8, 4) is 5.75 Å². The van der Waals surface area contributed by atoms with Gasteiger partial charge >= 0.3 is 5.69 Å². The van der Waals surface area contributed by atoms with Crippen molar-refractivity contribution < 1.29 is 14.9 Å². The maximum atomic E-state index is 12.0. The lowest BCUT2D eigenvalue weighted by Crippen LogP contribution is -2.39. The zero-order chi connectivity index (χ0) is 22.3. The van der Waals surface area contributed by atoms with Gasteiger partial charge in [0.15, 0.2) is 0 Å². The number of phenolic OH excluding ortho intramolecular Hbond substituents is 1. The van der Waals surface area contributed by atoms with Gasteiger partial charge in [-0.15, -0.1) is 0 Å². The monoisotopic (exact) mass is 428 g/mol. The van der Waals surface area contributed by atoms with E-state index < -0.39 is 40.5 Å². The number of anilines is 3. The number of nitrogens with zero attached hydrogens (tertiary/aromatic N) is 1. The van der Waals surface area contributed by atoms with Gasteiger partial charge in [0.25, 0.3) is 16.4 Å². The summed E-state index contributed by atoms with van der Waals surface area (Å²) in [5, 5.41) is 25.7. The van der Waals surface area contributed by atoms with E-state index in [1.165, 1.54) is 16.8 Å². The van der Waals surface area contributed by atoms with Crippen LogP contribution in [0.4, 0.5) is 17.1 Å². The average Bonchev–Trinajstić information content (AvgIpc) is 3.11. The molecule has 1 aromatic heterocycles. The number of hydrogen-bond donors (Lipinski definition) is 5. The third-order valence-electron chi connectivity index (χ3n) is 5.21. The minimum Gasteiger partial charge on any atom is -0.506 e. The number of ether oxygens (including phenoxy) is 1. The van der Waals surface area contributed by atoms with E-state index in [2.05, 4.69) is 15.6 Å². The van der Waals surface area contributed by atoms with Crippen molar-refractivity contribution in [3.05, 3.63) is 77.3 Å². The topological polar surface area (TPSA) is 163 Å². The molecule has 11 nitrogen and oxygen atoms in total. The summed E-state index contributed by atoms with van der Waals surface area (Å²) in [5.41, 5.74) is -2.00. The van der Waals surface area contributed by atoms with Crippen LogP contribution in [0.5, 0.6) is 5.75 Å². The second-order valence-electron chi connectivity index (χ2n) is 7.34. The first kappa shape index (κ1) is 20.6.